The highest BCUT2D eigenvalue weighted by atomic mass is 16.5. The van der Waals surface area contributed by atoms with E-state index in [-0.39, 0.29) is 45.9 Å². The molecule has 5 fully saturated rings. The Balaban J connectivity index is 1.28. The molecule has 0 aromatic rings. The van der Waals surface area contributed by atoms with Gasteiger partial charge in [-0.3, -0.25) is 14.4 Å². The van der Waals surface area contributed by atoms with Crippen LogP contribution in [0.2, 0.25) is 0 Å². The summed E-state index contributed by atoms with van der Waals surface area (Å²) >= 11 is 0. The van der Waals surface area contributed by atoms with Crippen LogP contribution in [0.3, 0.4) is 0 Å². The number of ether oxygens (including phenoxy) is 1. The van der Waals surface area contributed by atoms with Gasteiger partial charge in [0.05, 0.1) is 17.9 Å². The summed E-state index contributed by atoms with van der Waals surface area (Å²) in [5.74, 6) is 0.248. The van der Waals surface area contributed by atoms with Gasteiger partial charge >= 0.3 is 11.9 Å². The van der Waals surface area contributed by atoms with Crippen LogP contribution in [0.4, 0.5) is 0 Å². The van der Waals surface area contributed by atoms with Crippen LogP contribution in [0, 0.1) is 56.2 Å². The first kappa shape index (κ1) is 37.0. The van der Waals surface area contributed by atoms with Crippen molar-refractivity contribution in [1.82, 2.24) is 5.32 Å². The van der Waals surface area contributed by atoms with E-state index < -0.39 is 28.9 Å². The molecule has 0 aromatic carbocycles. The molecular weight excluding hydrogens is 614 g/mol. The summed E-state index contributed by atoms with van der Waals surface area (Å²) in [4.78, 5) is 38.8. The van der Waals surface area contributed by atoms with Gasteiger partial charge in [-0.2, -0.15) is 0 Å². The number of carboxylic acid groups (broad SMARTS) is 1. The Morgan fingerprint density at radius 1 is 0.898 bits per heavy atom. The number of esters is 1. The van der Waals surface area contributed by atoms with E-state index in [0.29, 0.717) is 36.8 Å². The lowest BCUT2D eigenvalue weighted by molar-refractivity contribution is -0.235. The molecule has 0 aliphatic heterocycles. The van der Waals surface area contributed by atoms with E-state index in [2.05, 4.69) is 53.8 Å². The van der Waals surface area contributed by atoms with Gasteiger partial charge in [-0.15, -0.1) is 0 Å². The number of aliphatic carboxylic acids is 1. The fourth-order valence-corrected chi connectivity index (χ4v) is 13.5. The molecule has 6 aliphatic rings. The van der Waals surface area contributed by atoms with Crippen molar-refractivity contribution in [3.63, 3.8) is 0 Å². The number of carbonyl (C=O) groups excluding carboxylic acids is 2. The first-order valence-corrected chi connectivity index (χ1v) is 19.9. The van der Waals surface area contributed by atoms with Gasteiger partial charge in [0.15, 0.2) is 5.78 Å². The van der Waals surface area contributed by atoms with Crippen LogP contribution in [0.15, 0.2) is 11.1 Å². The lowest BCUT2D eigenvalue weighted by Gasteiger charge is -2.72. The number of aliphatic hydroxyl groups is 1. The van der Waals surface area contributed by atoms with Crippen molar-refractivity contribution in [2.24, 2.45) is 56.2 Å². The SMILES string of the molecule is CC(C)C1=C2[C@H]3CC[C@@H]4[C@@]5(C)CC[C@H](OC(=O)CC(C)(C)C(=O)O)C(C)(C)[C@@H]5CC[C@@]4(C)[C@]3(C)CC[C@@]2(C(O)CNC2CCCC2)CC1=O. The fourth-order valence-electron chi connectivity index (χ4n) is 13.5. The predicted molar refractivity (Wildman–Crippen MR) is 192 cm³/mol. The minimum atomic E-state index is -1.15. The van der Waals surface area contributed by atoms with Gasteiger partial charge in [0, 0.05) is 29.8 Å². The van der Waals surface area contributed by atoms with E-state index in [9.17, 15) is 24.6 Å². The first-order valence-electron chi connectivity index (χ1n) is 19.9. The summed E-state index contributed by atoms with van der Waals surface area (Å²) in [6.45, 7) is 20.3. The molecule has 0 amide bonds. The van der Waals surface area contributed by atoms with Crippen LogP contribution in [0.1, 0.15) is 152 Å². The van der Waals surface area contributed by atoms with Crippen LogP contribution < -0.4 is 5.32 Å². The van der Waals surface area contributed by atoms with E-state index in [0.717, 1.165) is 56.9 Å². The number of Topliss-reactive ketones (excluding diaryl/α,β-unsaturated/α-hetero) is 1. The molecule has 49 heavy (non-hydrogen) atoms. The number of allylic oxidation sites excluding steroid dienone is 1. The zero-order valence-corrected chi connectivity index (χ0v) is 32.2. The van der Waals surface area contributed by atoms with Gasteiger partial charge in [-0.05, 0) is 124 Å². The quantitative estimate of drug-likeness (QED) is 0.210. The van der Waals surface area contributed by atoms with E-state index in [1.807, 2.05) is 0 Å². The lowest BCUT2D eigenvalue weighted by Crippen LogP contribution is -2.66. The highest BCUT2D eigenvalue weighted by Crippen LogP contribution is 2.77. The monoisotopic (exact) mass is 681 g/mol. The van der Waals surface area contributed by atoms with Crippen LogP contribution >= 0.6 is 0 Å². The van der Waals surface area contributed by atoms with Crippen molar-refractivity contribution in [1.29, 1.82) is 0 Å². The number of nitrogens with one attached hydrogen (secondary N) is 1. The first-order chi connectivity index (χ1) is 22.7. The number of hydrogen-bond donors (Lipinski definition) is 3. The van der Waals surface area contributed by atoms with Crippen molar-refractivity contribution in [3.05, 3.63) is 11.1 Å². The summed E-state index contributed by atoms with van der Waals surface area (Å²) in [5, 5.41) is 25.4. The number of carboxylic acids is 1. The molecule has 5 saturated carbocycles. The number of hydrogen-bond acceptors (Lipinski definition) is 6. The van der Waals surface area contributed by atoms with Crippen LogP contribution in [0.25, 0.3) is 0 Å². The molecule has 7 heteroatoms. The third-order valence-corrected chi connectivity index (χ3v) is 16.5. The molecule has 0 spiro atoms. The Morgan fingerprint density at radius 3 is 2.20 bits per heavy atom. The third kappa shape index (κ3) is 5.60. The molecule has 7 nitrogen and oxygen atoms in total. The van der Waals surface area contributed by atoms with Gasteiger partial charge in [0.2, 0.25) is 0 Å². The second-order valence-corrected chi connectivity index (χ2v) is 20.0. The molecule has 276 valence electrons. The second-order valence-electron chi connectivity index (χ2n) is 20.0. The summed E-state index contributed by atoms with van der Waals surface area (Å²) in [6.07, 6.45) is 12.5. The Kier molecular flexibility index (Phi) is 9.41. The van der Waals surface area contributed by atoms with Crippen LogP contribution in [-0.2, 0) is 19.1 Å². The molecule has 0 heterocycles. The predicted octanol–water partition coefficient (Wildman–Crippen LogP) is 8.27. The third-order valence-electron chi connectivity index (χ3n) is 16.5. The van der Waals surface area contributed by atoms with Crippen LogP contribution in [0.5, 0.6) is 0 Å². The minimum absolute atomic E-state index is 0.0297. The maximum absolute atomic E-state index is 14.0. The molecule has 3 N–H and O–H groups in total. The molecule has 0 aromatic heterocycles. The van der Waals surface area contributed by atoms with Crippen molar-refractivity contribution >= 4 is 17.7 Å². The topological polar surface area (TPSA) is 113 Å². The van der Waals surface area contributed by atoms with Gasteiger partial charge < -0.3 is 20.3 Å². The molecule has 6 rings (SSSR count). The number of fused-ring (bicyclic) bond motifs is 7. The maximum atomic E-state index is 14.0. The average molecular weight is 682 g/mol. The molecule has 1 unspecified atom stereocenters. The van der Waals surface area contributed by atoms with Gasteiger partial charge in [-0.1, -0.05) is 66.9 Å². The van der Waals surface area contributed by atoms with Crippen molar-refractivity contribution < 1.29 is 29.3 Å². The molecule has 9 atom stereocenters. The van der Waals surface area contributed by atoms with Crippen LogP contribution in [-0.4, -0.2) is 52.7 Å². The lowest BCUT2D eigenvalue weighted by atomic mass is 9.33. The van der Waals surface area contributed by atoms with Gasteiger partial charge in [0.1, 0.15) is 6.10 Å². The minimum Gasteiger partial charge on any atom is -0.481 e. The van der Waals surface area contributed by atoms with E-state index in [1.165, 1.54) is 31.3 Å². The molecule has 0 saturated heterocycles. The Bertz CT molecular complexity index is 1370. The second kappa shape index (κ2) is 12.5. The molecule has 6 aliphatic carbocycles. The van der Waals surface area contributed by atoms with Crippen molar-refractivity contribution in [2.45, 2.75) is 170 Å². The summed E-state index contributed by atoms with van der Waals surface area (Å²) < 4.78 is 6.16. The van der Waals surface area contributed by atoms with Crippen molar-refractivity contribution in [2.75, 3.05) is 6.54 Å². The summed E-state index contributed by atoms with van der Waals surface area (Å²) in [7, 11) is 0. The van der Waals surface area contributed by atoms with E-state index >= 15 is 0 Å². The summed E-state index contributed by atoms with van der Waals surface area (Å²) in [5.41, 5.74) is 0.762. The normalized spacial score (nSPS) is 41.2. The summed E-state index contributed by atoms with van der Waals surface area (Å²) in [6, 6.07) is 0.485. The number of carbonyl (C=O) groups is 3. The van der Waals surface area contributed by atoms with Crippen molar-refractivity contribution in [3.8, 4) is 0 Å². The molecular formula is C42H67NO6. The Morgan fingerprint density at radius 2 is 1.57 bits per heavy atom. The number of ketones is 1. The number of rotatable bonds is 9. The fraction of sp³-hybridized carbons (Fsp3) is 0.881. The molecule has 0 radical (unpaired) electrons. The maximum Gasteiger partial charge on any atom is 0.309 e. The Labute approximate surface area is 296 Å². The standard InChI is InChI=1S/C42H67NO6/c1-25(2)34-28(44)22-42(31(45)24-43-26-12-10-11-13-26)21-20-40(8)27(35(34)42)14-15-30-39(7)18-17-32(49-33(46)23-37(3,4)36(47)48)38(5,6)29(39)16-19-41(30,40)9/h25-27,29-32,43,45H,10-24H2,1-9H3,(H,47,48)/t27-,29+,30-,31?,32+,39+,40-,41-,42+/m1/s1. The highest BCUT2D eigenvalue weighted by molar-refractivity contribution is 6.00. The van der Waals surface area contributed by atoms with Gasteiger partial charge in [0.25, 0.3) is 0 Å². The largest absolute Gasteiger partial charge is 0.481 e. The highest BCUT2D eigenvalue weighted by Gasteiger charge is 2.70. The zero-order valence-electron chi connectivity index (χ0n) is 32.2. The smallest absolute Gasteiger partial charge is 0.309 e. The Hall–Kier alpha value is -1.73. The average Bonchev–Trinajstić information content (AvgIpc) is 3.63. The number of aliphatic hydroxyl groups excluding tert-OH is 1. The van der Waals surface area contributed by atoms with Gasteiger partial charge in [-0.25, -0.2) is 0 Å². The van der Waals surface area contributed by atoms with E-state index in [1.54, 1.807) is 13.8 Å². The van der Waals surface area contributed by atoms with E-state index in [4.69, 9.17) is 4.74 Å². The molecule has 0 bridgehead atoms. The zero-order chi connectivity index (χ0) is 35.9.